The van der Waals surface area contributed by atoms with E-state index in [1.807, 2.05) is 12.3 Å². The van der Waals surface area contributed by atoms with Gasteiger partial charge in [0.05, 0.1) is 12.2 Å². The molecule has 7 nitrogen and oxygen atoms in total. The van der Waals surface area contributed by atoms with Gasteiger partial charge in [0.15, 0.2) is 5.78 Å². The van der Waals surface area contributed by atoms with E-state index in [1.165, 1.54) is 5.57 Å². The predicted molar refractivity (Wildman–Crippen MR) is 133 cm³/mol. The van der Waals surface area contributed by atoms with Crippen LogP contribution in [0.15, 0.2) is 23.5 Å². The summed E-state index contributed by atoms with van der Waals surface area (Å²) < 4.78 is 0. The van der Waals surface area contributed by atoms with Crippen LogP contribution in [0.2, 0.25) is 0 Å². The number of carbonyl (C=O) groups is 2. The lowest BCUT2D eigenvalue weighted by Crippen LogP contribution is -2.57. The molecule has 190 valence electrons. The van der Waals surface area contributed by atoms with E-state index >= 15 is 0 Å². The molecule has 0 aromatic heterocycles. The zero-order valence-corrected chi connectivity index (χ0v) is 21.2. The summed E-state index contributed by atoms with van der Waals surface area (Å²) in [5.74, 6) is 8.04. The first-order chi connectivity index (χ1) is 16.2. The van der Waals surface area contributed by atoms with Crippen molar-refractivity contribution in [2.75, 3.05) is 19.6 Å². The number of hydrogen-bond donors (Lipinski definition) is 5. The molecule has 0 amide bonds. The molecule has 7 heteroatoms. The highest BCUT2D eigenvalue weighted by atomic mass is 16.3. The minimum atomic E-state index is -0.975. The summed E-state index contributed by atoms with van der Waals surface area (Å²) in [5, 5.41) is 18.5. The maximum atomic E-state index is 12.1. The average Bonchev–Trinajstić information content (AvgIpc) is 3.07. The summed E-state index contributed by atoms with van der Waals surface area (Å²) in [5.41, 5.74) is 3.83. The molecule has 3 saturated carbocycles. The van der Waals surface area contributed by atoms with Gasteiger partial charge in [-0.05, 0) is 94.1 Å². The predicted octanol–water partition coefficient (Wildman–Crippen LogP) is 2.71. The third-order valence-corrected chi connectivity index (χ3v) is 10.0. The summed E-state index contributed by atoms with van der Waals surface area (Å²) in [6, 6.07) is 0. The molecule has 0 spiro atoms. The van der Waals surface area contributed by atoms with Gasteiger partial charge in [0.1, 0.15) is 11.4 Å². The lowest BCUT2D eigenvalue weighted by molar-refractivity contribution is -0.121. The summed E-state index contributed by atoms with van der Waals surface area (Å²) in [4.78, 5) is 23.1. The summed E-state index contributed by atoms with van der Waals surface area (Å²) in [6.45, 7) is 8.16. The van der Waals surface area contributed by atoms with Crippen molar-refractivity contribution in [1.82, 2.24) is 16.1 Å². The molecule has 3 unspecified atom stereocenters. The minimum Gasteiger partial charge on any atom is -0.389 e. The van der Waals surface area contributed by atoms with Gasteiger partial charge in [0.25, 0.3) is 0 Å². The minimum absolute atomic E-state index is 0.139. The van der Waals surface area contributed by atoms with Crippen LogP contribution >= 0.6 is 0 Å². The van der Waals surface area contributed by atoms with Crippen LogP contribution < -0.4 is 21.9 Å². The monoisotopic (exact) mass is 472 g/mol. The van der Waals surface area contributed by atoms with Gasteiger partial charge in [-0.25, -0.2) is 0 Å². The number of carbonyl (C=O) groups excluding carboxylic acids is 2. The number of nitrogens with one attached hydrogen (secondary N) is 3. The number of aliphatic hydroxyl groups is 1. The van der Waals surface area contributed by atoms with Crippen LogP contribution in [0.25, 0.3) is 0 Å². The maximum absolute atomic E-state index is 12.1. The molecule has 6 atom stereocenters. The Morgan fingerprint density at radius 1 is 1.15 bits per heavy atom. The van der Waals surface area contributed by atoms with Crippen molar-refractivity contribution in [2.45, 2.75) is 84.2 Å². The van der Waals surface area contributed by atoms with E-state index in [1.54, 1.807) is 6.92 Å². The first-order valence-corrected chi connectivity index (χ1v) is 13.2. The highest BCUT2D eigenvalue weighted by molar-refractivity contribution is 5.91. The molecule has 0 aromatic carbocycles. The normalized spacial score (nSPS) is 39.6. The smallest absolute Gasteiger partial charge is 0.155 e. The largest absolute Gasteiger partial charge is 0.389 e. The van der Waals surface area contributed by atoms with Gasteiger partial charge in [-0.3, -0.25) is 15.4 Å². The van der Waals surface area contributed by atoms with E-state index in [9.17, 15) is 14.7 Å². The molecule has 0 bridgehead atoms. The molecular weight excluding hydrogens is 428 g/mol. The second-order valence-corrected chi connectivity index (χ2v) is 11.7. The number of ketones is 2. The Labute approximate surface area is 204 Å². The fourth-order valence-corrected chi connectivity index (χ4v) is 8.05. The maximum Gasteiger partial charge on any atom is 0.155 e. The Bertz CT molecular complexity index is 870. The third-order valence-electron chi connectivity index (χ3n) is 10.0. The summed E-state index contributed by atoms with van der Waals surface area (Å²) >= 11 is 0. The SMILES string of the molecule is CC(=O)CNCCCN/C=C(\NN)[C@]1(O)CCC2C3CCC4=CC(=O)CC[C@]4(C)C3CC[C@@]21C. The van der Waals surface area contributed by atoms with Crippen molar-refractivity contribution < 1.29 is 14.7 Å². The Morgan fingerprint density at radius 3 is 2.65 bits per heavy atom. The molecule has 0 aromatic rings. The lowest BCUT2D eigenvalue weighted by Gasteiger charge is -2.59. The topological polar surface area (TPSA) is 116 Å². The van der Waals surface area contributed by atoms with E-state index in [-0.39, 0.29) is 16.6 Å². The average molecular weight is 473 g/mol. The Hall–Kier alpha value is -1.70. The molecule has 4 aliphatic rings. The molecule has 0 saturated heterocycles. The highest BCUT2D eigenvalue weighted by Gasteiger charge is 2.65. The van der Waals surface area contributed by atoms with Gasteiger partial charge in [-0.15, -0.1) is 0 Å². The van der Waals surface area contributed by atoms with E-state index in [4.69, 9.17) is 5.84 Å². The molecule has 0 aliphatic heterocycles. The Balaban J connectivity index is 1.45. The molecule has 4 aliphatic carbocycles. The van der Waals surface area contributed by atoms with E-state index in [2.05, 4.69) is 29.9 Å². The van der Waals surface area contributed by atoms with E-state index in [0.717, 1.165) is 58.0 Å². The molecule has 4 rings (SSSR count). The molecule has 0 radical (unpaired) electrons. The zero-order chi connectivity index (χ0) is 24.6. The van der Waals surface area contributed by atoms with Crippen LogP contribution in [0.3, 0.4) is 0 Å². The summed E-state index contributed by atoms with van der Waals surface area (Å²) in [6.07, 6.45) is 12.3. The van der Waals surface area contributed by atoms with Crippen molar-refractivity contribution in [1.29, 1.82) is 0 Å². The lowest BCUT2D eigenvalue weighted by atomic mass is 9.46. The standard InChI is InChI=1S/C27H44N4O3/c1-18(32)16-29-13-4-14-30-17-24(31-28)27(34)12-9-23-21-6-5-19-15-20(33)7-10-25(19,2)22(21)8-11-26(23,27)3/h15,17,21-23,29-31,34H,4-14,16,28H2,1-3H3/b24-17-/t21?,22?,23?,25-,26-,27+/m0/s1. The molecule has 6 N–H and O–H groups in total. The van der Waals surface area contributed by atoms with Gasteiger partial charge in [-0.2, -0.15) is 0 Å². The van der Waals surface area contributed by atoms with Crippen LogP contribution in [-0.2, 0) is 9.59 Å². The van der Waals surface area contributed by atoms with E-state index in [0.29, 0.717) is 48.6 Å². The van der Waals surface area contributed by atoms with Crippen molar-refractivity contribution in [3.05, 3.63) is 23.5 Å². The number of hydrogen-bond acceptors (Lipinski definition) is 7. The fraction of sp³-hybridized carbons (Fsp3) is 0.778. The Kier molecular flexibility index (Phi) is 7.28. The second kappa shape index (κ2) is 9.75. The van der Waals surface area contributed by atoms with Crippen molar-refractivity contribution in [3.8, 4) is 0 Å². The number of Topliss-reactive ketones (excluding diaryl/α,β-unsaturated/α-hetero) is 1. The number of hydrazine groups is 1. The molecule has 0 heterocycles. The first-order valence-electron chi connectivity index (χ1n) is 13.2. The van der Waals surface area contributed by atoms with Crippen LogP contribution in [-0.4, -0.2) is 41.9 Å². The first kappa shape index (κ1) is 25.4. The quantitative estimate of drug-likeness (QED) is 0.199. The molecular formula is C27H44N4O3. The van der Waals surface area contributed by atoms with Gasteiger partial charge in [0, 0.05) is 24.6 Å². The summed E-state index contributed by atoms with van der Waals surface area (Å²) in [7, 11) is 0. The third kappa shape index (κ3) is 4.24. The number of allylic oxidation sites excluding steroid dienone is 1. The molecule has 34 heavy (non-hydrogen) atoms. The van der Waals surface area contributed by atoms with Crippen LogP contribution in [0.4, 0.5) is 0 Å². The zero-order valence-electron chi connectivity index (χ0n) is 21.2. The fourth-order valence-electron chi connectivity index (χ4n) is 8.05. The van der Waals surface area contributed by atoms with Gasteiger partial charge < -0.3 is 21.2 Å². The van der Waals surface area contributed by atoms with Crippen molar-refractivity contribution >= 4 is 11.6 Å². The Morgan fingerprint density at radius 2 is 1.91 bits per heavy atom. The van der Waals surface area contributed by atoms with Crippen molar-refractivity contribution in [2.24, 2.45) is 34.4 Å². The molecule has 3 fully saturated rings. The van der Waals surface area contributed by atoms with Crippen molar-refractivity contribution in [3.63, 3.8) is 0 Å². The van der Waals surface area contributed by atoms with E-state index < -0.39 is 5.60 Å². The van der Waals surface area contributed by atoms with Crippen LogP contribution in [0.5, 0.6) is 0 Å². The number of nitrogens with two attached hydrogens (primary N) is 1. The number of fused-ring (bicyclic) bond motifs is 5. The van der Waals surface area contributed by atoms with Gasteiger partial charge in [-0.1, -0.05) is 19.4 Å². The van der Waals surface area contributed by atoms with Crippen LogP contribution in [0.1, 0.15) is 78.6 Å². The van der Waals surface area contributed by atoms with Gasteiger partial charge >= 0.3 is 0 Å². The number of rotatable bonds is 9. The van der Waals surface area contributed by atoms with Crippen LogP contribution in [0, 0.1) is 28.6 Å². The second-order valence-electron chi connectivity index (χ2n) is 11.7. The highest BCUT2D eigenvalue weighted by Crippen LogP contribution is 2.68. The van der Waals surface area contributed by atoms with Gasteiger partial charge in [0.2, 0.25) is 0 Å².